The van der Waals surface area contributed by atoms with Gasteiger partial charge in [0.2, 0.25) is 0 Å². The molecule has 1 heteroatoms. The molecule has 0 saturated heterocycles. The fourth-order valence-electron chi connectivity index (χ4n) is 2.55. The summed E-state index contributed by atoms with van der Waals surface area (Å²) in [4.78, 5) is 2.58. The second-order valence-electron chi connectivity index (χ2n) is 6.15. The summed E-state index contributed by atoms with van der Waals surface area (Å²) < 4.78 is 0. The van der Waals surface area contributed by atoms with Crippen LogP contribution in [0, 0.1) is 0 Å². The van der Waals surface area contributed by atoms with E-state index in [0.717, 1.165) is 0 Å². The summed E-state index contributed by atoms with van der Waals surface area (Å²) in [5.41, 5.74) is 2.84. The minimum Gasteiger partial charge on any atom is -0.372 e. The Balaban J connectivity index is 0.00000400. The summed E-state index contributed by atoms with van der Waals surface area (Å²) in [5, 5.41) is 0. The third kappa shape index (κ3) is 7.55. The molecule has 0 aliphatic carbocycles. The first-order valence-corrected chi connectivity index (χ1v) is 8.54. The molecular weight excluding hydrogens is 254 g/mol. The maximum absolute atomic E-state index is 2.58. The van der Waals surface area contributed by atoms with Crippen molar-refractivity contribution in [3.05, 3.63) is 29.8 Å². The Bertz CT molecular complexity index is 329. The van der Waals surface area contributed by atoms with Crippen LogP contribution in [0.3, 0.4) is 0 Å². The summed E-state index contributed by atoms with van der Waals surface area (Å²) in [5.74, 6) is 0.623. The number of hydrogen-bond donors (Lipinski definition) is 0. The summed E-state index contributed by atoms with van der Waals surface area (Å²) in [6, 6.07) is 9.22. The first-order valence-electron chi connectivity index (χ1n) is 8.54. The van der Waals surface area contributed by atoms with Crippen LogP contribution in [0.4, 0.5) is 5.69 Å². The molecule has 0 amide bonds. The van der Waals surface area contributed by atoms with E-state index in [1.165, 1.54) is 62.9 Å². The van der Waals surface area contributed by atoms with E-state index in [9.17, 15) is 0 Å². The van der Waals surface area contributed by atoms with Crippen LogP contribution in [-0.4, -0.2) is 13.1 Å². The third-order valence-electron chi connectivity index (χ3n) is 3.99. The van der Waals surface area contributed by atoms with Gasteiger partial charge in [-0.2, -0.15) is 0 Å². The van der Waals surface area contributed by atoms with Crippen molar-refractivity contribution in [1.29, 1.82) is 0 Å². The van der Waals surface area contributed by atoms with Crippen LogP contribution in [-0.2, 0) is 0 Å². The van der Waals surface area contributed by atoms with E-state index in [-0.39, 0.29) is 7.43 Å². The van der Waals surface area contributed by atoms with E-state index in [1.54, 1.807) is 0 Å². The predicted molar refractivity (Wildman–Crippen MR) is 98.5 cm³/mol. The Morgan fingerprint density at radius 3 is 1.67 bits per heavy atom. The van der Waals surface area contributed by atoms with Gasteiger partial charge < -0.3 is 4.90 Å². The van der Waals surface area contributed by atoms with E-state index in [4.69, 9.17) is 0 Å². The third-order valence-corrected chi connectivity index (χ3v) is 3.99. The van der Waals surface area contributed by atoms with Gasteiger partial charge in [0.15, 0.2) is 0 Å². The molecular formula is C20H37N. The zero-order chi connectivity index (χ0) is 14.8. The topological polar surface area (TPSA) is 3.24 Å². The standard InChI is InChI=1S/C19H33N.CH4/c1-5-7-9-15-20(16-10-8-6-2)19-13-11-18(12-14-19)17(3)4;/h11-14,17H,5-10,15-16H2,1-4H3;1H4. The Labute approximate surface area is 133 Å². The number of anilines is 1. The number of benzene rings is 1. The first kappa shape index (κ1) is 20.0. The molecule has 0 spiro atoms. The summed E-state index contributed by atoms with van der Waals surface area (Å²) in [7, 11) is 0. The Morgan fingerprint density at radius 2 is 1.29 bits per heavy atom. The lowest BCUT2D eigenvalue weighted by Gasteiger charge is -2.25. The van der Waals surface area contributed by atoms with Gasteiger partial charge in [-0.1, -0.05) is 72.9 Å². The van der Waals surface area contributed by atoms with Gasteiger partial charge in [0.1, 0.15) is 0 Å². The number of nitrogens with zero attached hydrogens (tertiary/aromatic N) is 1. The molecule has 122 valence electrons. The summed E-state index contributed by atoms with van der Waals surface area (Å²) >= 11 is 0. The van der Waals surface area contributed by atoms with Crippen LogP contribution in [0.2, 0.25) is 0 Å². The molecule has 0 unspecified atom stereocenters. The number of unbranched alkanes of at least 4 members (excludes halogenated alkanes) is 4. The Hall–Kier alpha value is -0.980. The quantitative estimate of drug-likeness (QED) is 0.437. The monoisotopic (exact) mass is 291 g/mol. The van der Waals surface area contributed by atoms with Gasteiger partial charge in [0, 0.05) is 18.8 Å². The van der Waals surface area contributed by atoms with Crippen LogP contribution in [0.1, 0.15) is 85.1 Å². The molecule has 1 aromatic rings. The van der Waals surface area contributed by atoms with Crippen molar-refractivity contribution in [3.63, 3.8) is 0 Å². The molecule has 0 atom stereocenters. The molecule has 0 aliphatic heterocycles. The molecule has 1 rings (SSSR count). The summed E-state index contributed by atoms with van der Waals surface area (Å²) in [6.45, 7) is 11.5. The highest BCUT2D eigenvalue weighted by Gasteiger charge is 2.07. The fourth-order valence-corrected chi connectivity index (χ4v) is 2.55. The molecule has 0 heterocycles. The fraction of sp³-hybridized carbons (Fsp3) is 0.700. The molecule has 0 aliphatic rings. The van der Waals surface area contributed by atoms with Crippen molar-refractivity contribution >= 4 is 5.69 Å². The van der Waals surface area contributed by atoms with Crippen molar-refractivity contribution in [1.82, 2.24) is 0 Å². The van der Waals surface area contributed by atoms with Gasteiger partial charge in [-0.25, -0.2) is 0 Å². The molecule has 0 aromatic heterocycles. The van der Waals surface area contributed by atoms with E-state index in [2.05, 4.69) is 56.9 Å². The van der Waals surface area contributed by atoms with Crippen molar-refractivity contribution in [2.45, 2.75) is 79.6 Å². The van der Waals surface area contributed by atoms with E-state index >= 15 is 0 Å². The smallest absolute Gasteiger partial charge is 0.0366 e. The van der Waals surface area contributed by atoms with E-state index < -0.39 is 0 Å². The molecule has 1 nitrogen and oxygen atoms in total. The average Bonchev–Trinajstić information content (AvgIpc) is 2.46. The van der Waals surface area contributed by atoms with Crippen LogP contribution >= 0.6 is 0 Å². The van der Waals surface area contributed by atoms with Gasteiger partial charge >= 0.3 is 0 Å². The molecule has 21 heavy (non-hydrogen) atoms. The van der Waals surface area contributed by atoms with Crippen LogP contribution < -0.4 is 4.90 Å². The van der Waals surface area contributed by atoms with E-state index in [1.807, 2.05) is 0 Å². The first-order chi connectivity index (χ1) is 9.69. The largest absolute Gasteiger partial charge is 0.372 e. The van der Waals surface area contributed by atoms with Crippen molar-refractivity contribution in [2.75, 3.05) is 18.0 Å². The SMILES string of the molecule is C.CCCCCN(CCCCC)c1ccc(C(C)C)cc1. The second kappa shape index (κ2) is 11.7. The average molecular weight is 292 g/mol. The zero-order valence-electron chi connectivity index (χ0n) is 14.0. The lowest BCUT2D eigenvalue weighted by Crippen LogP contribution is -2.25. The minimum absolute atomic E-state index is 0. The molecule has 1 aromatic carbocycles. The van der Waals surface area contributed by atoms with Crippen LogP contribution in [0.25, 0.3) is 0 Å². The van der Waals surface area contributed by atoms with Gasteiger partial charge in [-0.15, -0.1) is 0 Å². The van der Waals surface area contributed by atoms with Crippen molar-refractivity contribution in [3.8, 4) is 0 Å². The lowest BCUT2D eigenvalue weighted by molar-refractivity contribution is 0.636. The highest BCUT2D eigenvalue weighted by molar-refractivity contribution is 5.48. The normalized spacial score (nSPS) is 10.5. The number of hydrogen-bond acceptors (Lipinski definition) is 1. The van der Waals surface area contributed by atoms with Gasteiger partial charge in [0.05, 0.1) is 0 Å². The molecule has 0 bridgehead atoms. The minimum atomic E-state index is 0. The molecule has 0 radical (unpaired) electrons. The maximum Gasteiger partial charge on any atom is 0.0366 e. The van der Waals surface area contributed by atoms with Gasteiger partial charge in [0.25, 0.3) is 0 Å². The Kier molecular flexibility index (Phi) is 11.1. The molecule has 0 fully saturated rings. The Morgan fingerprint density at radius 1 is 0.810 bits per heavy atom. The van der Waals surface area contributed by atoms with Gasteiger partial charge in [-0.3, -0.25) is 0 Å². The second-order valence-corrected chi connectivity index (χ2v) is 6.15. The lowest BCUT2D eigenvalue weighted by atomic mass is 10.0. The highest BCUT2D eigenvalue weighted by Crippen LogP contribution is 2.21. The maximum atomic E-state index is 2.58. The van der Waals surface area contributed by atoms with Crippen molar-refractivity contribution in [2.24, 2.45) is 0 Å². The van der Waals surface area contributed by atoms with E-state index in [0.29, 0.717) is 5.92 Å². The zero-order valence-corrected chi connectivity index (χ0v) is 14.0. The van der Waals surface area contributed by atoms with Crippen LogP contribution in [0.15, 0.2) is 24.3 Å². The molecule has 0 N–H and O–H groups in total. The van der Waals surface area contributed by atoms with Crippen molar-refractivity contribution < 1.29 is 0 Å². The number of rotatable bonds is 10. The highest BCUT2D eigenvalue weighted by atomic mass is 15.1. The molecule has 0 saturated carbocycles. The van der Waals surface area contributed by atoms with Gasteiger partial charge in [-0.05, 0) is 36.5 Å². The van der Waals surface area contributed by atoms with Crippen LogP contribution in [0.5, 0.6) is 0 Å². The summed E-state index contributed by atoms with van der Waals surface area (Å²) in [6.07, 6.45) is 7.91. The predicted octanol–water partition coefficient (Wildman–Crippen LogP) is 6.63.